The van der Waals surface area contributed by atoms with Gasteiger partial charge in [0.05, 0.1) is 11.6 Å². The molecule has 0 radical (unpaired) electrons. The summed E-state index contributed by atoms with van der Waals surface area (Å²) in [4.78, 5) is 10.9. The van der Waals surface area contributed by atoms with Gasteiger partial charge in [0.25, 0.3) is 0 Å². The highest BCUT2D eigenvalue weighted by molar-refractivity contribution is 9.10. The number of rotatable bonds is 6. The topological polar surface area (TPSA) is 79.5 Å². The second kappa shape index (κ2) is 8.18. The zero-order chi connectivity index (χ0) is 17.5. The average molecular weight is 388 g/mol. The summed E-state index contributed by atoms with van der Waals surface area (Å²) in [5.74, 6) is -0.335. The van der Waals surface area contributed by atoms with Gasteiger partial charge < -0.3 is 14.6 Å². The van der Waals surface area contributed by atoms with Crippen molar-refractivity contribution in [1.29, 1.82) is 5.26 Å². The normalized spacial score (nSPS) is 10.8. The molecule has 0 fully saturated rings. The van der Waals surface area contributed by atoms with E-state index < -0.39 is 5.97 Å². The van der Waals surface area contributed by atoms with Gasteiger partial charge in [0, 0.05) is 0 Å². The molecule has 24 heavy (non-hydrogen) atoms. The van der Waals surface area contributed by atoms with Crippen LogP contribution < -0.4 is 9.47 Å². The lowest BCUT2D eigenvalue weighted by molar-refractivity contribution is -0.132. The molecule has 6 heteroatoms. The van der Waals surface area contributed by atoms with Gasteiger partial charge in [0.2, 0.25) is 0 Å². The van der Waals surface area contributed by atoms with Crippen molar-refractivity contribution in [3.63, 3.8) is 0 Å². The van der Waals surface area contributed by atoms with Crippen molar-refractivity contribution < 1.29 is 19.4 Å². The third-order valence-electron chi connectivity index (χ3n) is 3.14. The zero-order valence-corrected chi connectivity index (χ0v) is 14.4. The summed E-state index contributed by atoms with van der Waals surface area (Å²) >= 11 is 3.40. The van der Waals surface area contributed by atoms with Gasteiger partial charge in [-0.2, -0.15) is 5.26 Å². The number of nitriles is 1. The van der Waals surface area contributed by atoms with Crippen LogP contribution >= 0.6 is 15.9 Å². The minimum Gasteiger partial charge on any atom is -0.493 e. The Labute approximate surface area is 147 Å². The fourth-order valence-corrected chi connectivity index (χ4v) is 2.58. The van der Waals surface area contributed by atoms with Gasteiger partial charge >= 0.3 is 5.97 Å². The molecule has 2 aromatic carbocycles. The largest absolute Gasteiger partial charge is 0.493 e. The number of methoxy groups -OCH3 is 1. The van der Waals surface area contributed by atoms with E-state index in [-0.39, 0.29) is 5.57 Å². The van der Waals surface area contributed by atoms with E-state index in [1.54, 1.807) is 18.2 Å². The summed E-state index contributed by atoms with van der Waals surface area (Å²) in [6, 6.07) is 14.6. The number of carboxylic acids is 1. The van der Waals surface area contributed by atoms with Crippen molar-refractivity contribution in [3.8, 4) is 17.6 Å². The number of aliphatic carboxylic acids is 1. The van der Waals surface area contributed by atoms with Gasteiger partial charge in [0.15, 0.2) is 11.5 Å². The second-order valence-electron chi connectivity index (χ2n) is 4.78. The fourth-order valence-electron chi connectivity index (χ4n) is 2.00. The Bertz CT molecular complexity index is 810. The van der Waals surface area contributed by atoms with E-state index in [4.69, 9.17) is 19.8 Å². The highest BCUT2D eigenvalue weighted by Crippen LogP contribution is 2.37. The molecule has 0 atom stereocenters. The number of hydrogen-bond donors (Lipinski definition) is 1. The molecule has 0 saturated carbocycles. The molecule has 122 valence electrons. The molecule has 5 nitrogen and oxygen atoms in total. The molecule has 2 aromatic rings. The van der Waals surface area contributed by atoms with E-state index in [0.717, 1.165) is 5.56 Å². The quantitative estimate of drug-likeness (QED) is 0.597. The van der Waals surface area contributed by atoms with Crippen LogP contribution in [0.25, 0.3) is 6.08 Å². The number of benzene rings is 2. The highest BCUT2D eigenvalue weighted by Gasteiger charge is 2.13. The van der Waals surface area contributed by atoms with Crippen molar-refractivity contribution in [2.45, 2.75) is 6.61 Å². The zero-order valence-electron chi connectivity index (χ0n) is 12.8. The third-order valence-corrected chi connectivity index (χ3v) is 3.73. The van der Waals surface area contributed by atoms with Gasteiger partial charge in [-0.25, -0.2) is 4.79 Å². The first kappa shape index (κ1) is 17.6. The van der Waals surface area contributed by atoms with Gasteiger partial charge in [-0.05, 0) is 45.3 Å². The van der Waals surface area contributed by atoms with Crippen molar-refractivity contribution in [2.75, 3.05) is 7.11 Å². The number of halogens is 1. The van der Waals surface area contributed by atoms with Gasteiger partial charge in [-0.1, -0.05) is 30.3 Å². The van der Waals surface area contributed by atoms with Crippen molar-refractivity contribution >= 4 is 28.0 Å². The number of carbonyl (C=O) groups is 1. The van der Waals surface area contributed by atoms with E-state index in [2.05, 4.69) is 15.9 Å². The van der Waals surface area contributed by atoms with Crippen LogP contribution in [-0.4, -0.2) is 18.2 Å². The predicted octanol–water partition coefficient (Wildman–Crippen LogP) is 4.03. The fraction of sp³-hybridized carbons (Fsp3) is 0.111. The maximum absolute atomic E-state index is 10.9. The Morgan fingerprint density at radius 3 is 2.62 bits per heavy atom. The van der Waals surface area contributed by atoms with Crippen LogP contribution in [-0.2, 0) is 11.4 Å². The minimum atomic E-state index is -1.28. The van der Waals surface area contributed by atoms with E-state index in [1.165, 1.54) is 13.2 Å². The number of hydrogen-bond acceptors (Lipinski definition) is 4. The molecule has 0 spiro atoms. The van der Waals surface area contributed by atoms with Crippen LogP contribution in [0.2, 0.25) is 0 Å². The molecular formula is C18H14BrNO4. The molecular weight excluding hydrogens is 374 g/mol. The van der Waals surface area contributed by atoms with E-state index >= 15 is 0 Å². The molecule has 0 bridgehead atoms. The Balaban J connectivity index is 2.31. The van der Waals surface area contributed by atoms with E-state index in [1.807, 2.05) is 30.3 Å². The SMILES string of the molecule is COc1cc(/C=C(/C#N)C(=O)O)cc(Br)c1OCc1ccccc1. The molecule has 0 saturated heterocycles. The van der Waals surface area contributed by atoms with Crippen molar-refractivity contribution in [1.82, 2.24) is 0 Å². The van der Waals surface area contributed by atoms with Crippen LogP contribution in [0.3, 0.4) is 0 Å². The lowest BCUT2D eigenvalue weighted by Crippen LogP contribution is -2.00. The standard InChI is InChI=1S/C18H14BrNO4/c1-23-16-9-13(7-14(10-20)18(21)22)8-15(19)17(16)24-11-12-5-3-2-4-6-12/h2-9H,11H2,1H3,(H,21,22)/b14-7-. The Kier molecular flexibility index (Phi) is 5.99. The molecule has 0 aliphatic carbocycles. The van der Waals surface area contributed by atoms with Crippen molar-refractivity contribution in [3.05, 3.63) is 63.6 Å². The number of carboxylic acid groups (broad SMARTS) is 1. The number of nitrogens with zero attached hydrogens (tertiary/aromatic N) is 1. The van der Waals surface area contributed by atoms with Crippen LogP contribution in [0.15, 0.2) is 52.5 Å². The summed E-state index contributed by atoms with van der Waals surface area (Å²) in [7, 11) is 1.49. The Morgan fingerprint density at radius 1 is 1.33 bits per heavy atom. The van der Waals surface area contributed by atoms with Crippen LogP contribution in [0, 0.1) is 11.3 Å². The maximum atomic E-state index is 10.9. The first-order valence-corrected chi connectivity index (χ1v) is 7.73. The summed E-state index contributed by atoms with van der Waals surface area (Å²) in [6.45, 7) is 0.365. The second-order valence-corrected chi connectivity index (χ2v) is 5.64. The molecule has 0 amide bonds. The summed E-state index contributed by atoms with van der Waals surface area (Å²) in [6.07, 6.45) is 1.27. The first-order chi connectivity index (χ1) is 11.5. The summed E-state index contributed by atoms with van der Waals surface area (Å²) < 4.78 is 11.7. The molecule has 2 rings (SSSR count). The number of ether oxygens (including phenoxy) is 2. The smallest absolute Gasteiger partial charge is 0.346 e. The van der Waals surface area contributed by atoms with Crippen LogP contribution in [0.1, 0.15) is 11.1 Å². The first-order valence-electron chi connectivity index (χ1n) is 6.94. The minimum absolute atomic E-state index is 0.359. The molecule has 0 unspecified atom stereocenters. The van der Waals surface area contributed by atoms with Crippen LogP contribution in [0.5, 0.6) is 11.5 Å². The molecule has 0 heterocycles. The monoisotopic (exact) mass is 387 g/mol. The lowest BCUT2D eigenvalue weighted by atomic mass is 10.1. The van der Waals surface area contributed by atoms with Gasteiger partial charge in [-0.15, -0.1) is 0 Å². The average Bonchev–Trinajstić information content (AvgIpc) is 2.58. The molecule has 0 aliphatic rings. The van der Waals surface area contributed by atoms with Gasteiger partial charge in [-0.3, -0.25) is 0 Å². The molecule has 1 N–H and O–H groups in total. The Morgan fingerprint density at radius 2 is 2.04 bits per heavy atom. The van der Waals surface area contributed by atoms with Crippen molar-refractivity contribution in [2.24, 2.45) is 0 Å². The maximum Gasteiger partial charge on any atom is 0.346 e. The lowest BCUT2D eigenvalue weighted by Gasteiger charge is -2.13. The molecule has 0 aliphatic heterocycles. The van der Waals surface area contributed by atoms with E-state index in [0.29, 0.717) is 28.1 Å². The summed E-state index contributed by atoms with van der Waals surface area (Å²) in [5, 5.41) is 17.8. The molecule has 0 aromatic heterocycles. The predicted molar refractivity (Wildman–Crippen MR) is 92.7 cm³/mol. The third kappa shape index (κ3) is 4.37. The Hall–Kier alpha value is -2.78. The van der Waals surface area contributed by atoms with Crippen LogP contribution in [0.4, 0.5) is 0 Å². The van der Waals surface area contributed by atoms with Gasteiger partial charge in [0.1, 0.15) is 18.2 Å². The van der Waals surface area contributed by atoms with E-state index in [9.17, 15) is 4.79 Å². The highest BCUT2D eigenvalue weighted by atomic mass is 79.9. The summed E-state index contributed by atoms with van der Waals surface area (Å²) in [5.41, 5.74) is 1.17.